The fourth-order valence-corrected chi connectivity index (χ4v) is 3.59. The van der Waals surface area contributed by atoms with Crippen molar-refractivity contribution >= 4 is 17.3 Å². The number of nitrogens with zero attached hydrogens (tertiary/aromatic N) is 1. The summed E-state index contributed by atoms with van der Waals surface area (Å²) in [5.41, 5.74) is 2.55. The number of esters is 1. The molecule has 2 aromatic carbocycles. The molecule has 1 aliphatic rings. The van der Waals surface area contributed by atoms with Gasteiger partial charge in [0.25, 0.3) is 5.19 Å². The van der Waals surface area contributed by atoms with Crippen LogP contribution in [0.1, 0.15) is 34.1 Å². The highest BCUT2D eigenvalue weighted by atomic mass is 32.1. The number of carbonyl (C=O) groups excluding carboxylic acids is 1. The van der Waals surface area contributed by atoms with Crippen LogP contribution in [0, 0.1) is 0 Å². The van der Waals surface area contributed by atoms with Gasteiger partial charge in [0.2, 0.25) is 0 Å². The van der Waals surface area contributed by atoms with Crippen molar-refractivity contribution in [2.45, 2.75) is 18.9 Å². The summed E-state index contributed by atoms with van der Waals surface area (Å²) in [6.07, 6.45) is 1.92. The Morgan fingerprint density at radius 2 is 2.08 bits per heavy atom. The zero-order valence-electron chi connectivity index (χ0n) is 14.2. The first kappa shape index (κ1) is 16.6. The Bertz CT molecular complexity index is 923. The van der Waals surface area contributed by atoms with E-state index in [1.807, 2.05) is 36.4 Å². The van der Waals surface area contributed by atoms with E-state index in [9.17, 15) is 4.79 Å². The number of aromatic nitrogens is 1. The summed E-state index contributed by atoms with van der Waals surface area (Å²) in [6, 6.07) is 16.0. The minimum Gasteiger partial charge on any atom is -0.485 e. The van der Waals surface area contributed by atoms with Gasteiger partial charge in [-0.3, -0.25) is 0 Å². The summed E-state index contributed by atoms with van der Waals surface area (Å²) < 4.78 is 16.6. The zero-order valence-corrected chi connectivity index (χ0v) is 15.0. The number of thiazole rings is 1. The van der Waals surface area contributed by atoms with Gasteiger partial charge < -0.3 is 14.2 Å². The van der Waals surface area contributed by atoms with Gasteiger partial charge in [0.05, 0.1) is 7.11 Å². The van der Waals surface area contributed by atoms with Gasteiger partial charge in [0.15, 0.2) is 5.69 Å². The number of fused-ring (bicyclic) bond motifs is 1. The monoisotopic (exact) mass is 367 g/mol. The summed E-state index contributed by atoms with van der Waals surface area (Å²) in [4.78, 5) is 15.6. The Hall–Kier alpha value is -2.86. The molecule has 1 aliphatic heterocycles. The van der Waals surface area contributed by atoms with Gasteiger partial charge in [-0.2, -0.15) is 4.98 Å². The molecule has 3 aromatic rings. The number of aryl methyl sites for hydroxylation is 1. The molecule has 1 atom stereocenters. The summed E-state index contributed by atoms with van der Waals surface area (Å²) in [6.45, 7) is 0. The molecule has 26 heavy (non-hydrogen) atoms. The molecule has 0 radical (unpaired) electrons. The maximum atomic E-state index is 11.5. The van der Waals surface area contributed by atoms with Crippen molar-refractivity contribution in [3.8, 4) is 16.7 Å². The molecule has 1 aromatic heterocycles. The number of ether oxygens (including phenoxy) is 3. The maximum Gasteiger partial charge on any atom is 0.357 e. The van der Waals surface area contributed by atoms with E-state index in [1.165, 1.54) is 24.0 Å². The number of rotatable bonds is 4. The molecule has 0 spiro atoms. The SMILES string of the molecule is COC(=O)c1csc(Oc2ccc3c(c2)CC[C@@H](c2ccccc2)O3)n1. The van der Waals surface area contributed by atoms with Crippen molar-refractivity contribution in [2.24, 2.45) is 0 Å². The first-order valence-electron chi connectivity index (χ1n) is 8.29. The van der Waals surface area contributed by atoms with Gasteiger partial charge in [0.1, 0.15) is 17.6 Å². The number of hydrogen-bond acceptors (Lipinski definition) is 6. The summed E-state index contributed by atoms with van der Waals surface area (Å²) >= 11 is 1.26. The first-order chi connectivity index (χ1) is 12.7. The molecule has 2 heterocycles. The lowest BCUT2D eigenvalue weighted by molar-refractivity contribution is 0.0594. The number of carbonyl (C=O) groups is 1. The molecule has 0 N–H and O–H groups in total. The van der Waals surface area contributed by atoms with E-state index >= 15 is 0 Å². The zero-order chi connectivity index (χ0) is 17.9. The molecule has 0 fully saturated rings. The van der Waals surface area contributed by atoms with Crippen molar-refractivity contribution in [2.75, 3.05) is 7.11 Å². The van der Waals surface area contributed by atoms with Crippen LogP contribution < -0.4 is 9.47 Å². The van der Waals surface area contributed by atoms with Crippen LogP contribution in [0.25, 0.3) is 0 Å². The minimum absolute atomic E-state index is 0.0806. The fourth-order valence-electron chi connectivity index (χ4n) is 2.93. The van der Waals surface area contributed by atoms with E-state index < -0.39 is 5.97 Å². The quantitative estimate of drug-likeness (QED) is 0.621. The van der Waals surface area contributed by atoms with E-state index in [0.717, 1.165) is 24.2 Å². The van der Waals surface area contributed by atoms with Gasteiger partial charge in [-0.25, -0.2) is 4.79 Å². The third-order valence-electron chi connectivity index (χ3n) is 4.23. The van der Waals surface area contributed by atoms with Gasteiger partial charge in [-0.1, -0.05) is 41.7 Å². The van der Waals surface area contributed by atoms with Crippen molar-refractivity contribution < 1.29 is 19.0 Å². The predicted octanol–water partition coefficient (Wildman–Crippen LogP) is 4.79. The standard InChI is InChI=1S/C20H17NO4S/c1-23-19(22)16-12-26-20(21-16)24-15-8-10-18-14(11-15)7-9-17(25-18)13-5-3-2-4-6-13/h2-6,8,10-12,17H,7,9H2,1H3/t17-/m0/s1. The maximum absolute atomic E-state index is 11.5. The molecule has 0 bridgehead atoms. The van der Waals surface area contributed by atoms with E-state index in [1.54, 1.807) is 5.38 Å². The van der Waals surface area contributed by atoms with Crippen LogP contribution in [0.2, 0.25) is 0 Å². The van der Waals surface area contributed by atoms with Crippen LogP contribution in [0.5, 0.6) is 16.7 Å². The Morgan fingerprint density at radius 3 is 2.88 bits per heavy atom. The average Bonchev–Trinajstić information content (AvgIpc) is 3.16. The molecular formula is C20H17NO4S. The topological polar surface area (TPSA) is 57.7 Å². The smallest absolute Gasteiger partial charge is 0.357 e. The van der Waals surface area contributed by atoms with Crippen molar-refractivity contribution in [1.82, 2.24) is 4.98 Å². The first-order valence-corrected chi connectivity index (χ1v) is 9.17. The largest absolute Gasteiger partial charge is 0.485 e. The van der Waals surface area contributed by atoms with E-state index in [0.29, 0.717) is 10.9 Å². The van der Waals surface area contributed by atoms with Crippen molar-refractivity contribution in [3.05, 3.63) is 70.7 Å². The molecule has 4 rings (SSSR count). The molecule has 0 saturated heterocycles. The molecule has 5 nitrogen and oxygen atoms in total. The number of benzene rings is 2. The van der Waals surface area contributed by atoms with Crippen LogP contribution in [-0.2, 0) is 11.2 Å². The van der Waals surface area contributed by atoms with Crippen LogP contribution in [-0.4, -0.2) is 18.1 Å². The van der Waals surface area contributed by atoms with Crippen LogP contribution in [0.4, 0.5) is 0 Å². The number of methoxy groups -OCH3 is 1. The summed E-state index contributed by atoms with van der Waals surface area (Å²) in [5.74, 6) is 1.09. The molecule has 6 heteroatoms. The summed E-state index contributed by atoms with van der Waals surface area (Å²) in [7, 11) is 1.33. The highest BCUT2D eigenvalue weighted by Gasteiger charge is 2.22. The minimum atomic E-state index is -0.470. The lowest BCUT2D eigenvalue weighted by Crippen LogP contribution is -2.15. The molecule has 0 aliphatic carbocycles. The van der Waals surface area contributed by atoms with Gasteiger partial charge in [0, 0.05) is 5.38 Å². The normalized spacial score (nSPS) is 15.7. The van der Waals surface area contributed by atoms with Crippen LogP contribution in [0.15, 0.2) is 53.9 Å². The number of hydrogen-bond donors (Lipinski definition) is 0. The second-order valence-electron chi connectivity index (χ2n) is 5.92. The third-order valence-corrected chi connectivity index (χ3v) is 4.95. The van der Waals surface area contributed by atoms with Gasteiger partial charge in [-0.05, 0) is 42.2 Å². The second-order valence-corrected chi connectivity index (χ2v) is 6.74. The van der Waals surface area contributed by atoms with E-state index in [4.69, 9.17) is 9.47 Å². The van der Waals surface area contributed by atoms with Crippen molar-refractivity contribution in [1.29, 1.82) is 0 Å². The van der Waals surface area contributed by atoms with Crippen LogP contribution in [0.3, 0.4) is 0 Å². The average molecular weight is 367 g/mol. The van der Waals surface area contributed by atoms with Crippen LogP contribution >= 0.6 is 11.3 Å². The lowest BCUT2D eigenvalue weighted by atomic mass is 9.97. The molecule has 132 valence electrons. The molecule has 0 amide bonds. The Balaban J connectivity index is 1.48. The Labute approximate surface area is 155 Å². The predicted molar refractivity (Wildman–Crippen MR) is 98.1 cm³/mol. The third kappa shape index (κ3) is 3.41. The van der Waals surface area contributed by atoms with Crippen molar-refractivity contribution in [3.63, 3.8) is 0 Å². The Kier molecular flexibility index (Phi) is 4.58. The fraction of sp³-hybridized carbons (Fsp3) is 0.200. The van der Waals surface area contributed by atoms with Gasteiger partial charge >= 0.3 is 5.97 Å². The van der Waals surface area contributed by atoms with Gasteiger partial charge in [-0.15, -0.1) is 0 Å². The highest BCUT2D eigenvalue weighted by molar-refractivity contribution is 7.11. The second kappa shape index (κ2) is 7.17. The molecule has 0 unspecified atom stereocenters. The van der Waals surface area contributed by atoms with E-state index in [-0.39, 0.29) is 11.8 Å². The highest BCUT2D eigenvalue weighted by Crippen LogP contribution is 2.37. The molecule has 0 saturated carbocycles. The Morgan fingerprint density at radius 1 is 1.23 bits per heavy atom. The lowest BCUT2D eigenvalue weighted by Gasteiger charge is -2.26. The van der Waals surface area contributed by atoms with E-state index in [2.05, 4.69) is 21.9 Å². The summed E-state index contributed by atoms with van der Waals surface area (Å²) in [5, 5.41) is 2.02. The molecular weight excluding hydrogens is 350 g/mol.